The molecule has 6 nitrogen and oxygen atoms in total. The van der Waals surface area contributed by atoms with Crippen molar-refractivity contribution in [1.82, 2.24) is 19.2 Å². The predicted molar refractivity (Wildman–Crippen MR) is 134 cm³/mol. The van der Waals surface area contributed by atoms with Gasteiger partial charge < -0.3 is 0 Å². The SMILES string of the molecule is Cc1ccccc1-n1c(=O)c2ccccc2n2c(SCC(=O)c3ccc4c(c3)CCC4)nnc12. The fourth-order valence-corrected chi connectivity index (χ4v) is 5.60. The Morgan fingerprint density at radius 1 is 0.971 bits per heavy atom. The molecule has 34 heavy (non-hydrogen) atoms. The molecule has 0 saturated heterocycles. The summed E-state index contributed by atoms with van der Waals surface area (Å²) in [5, 5.41) is 9.94. The van der Waals surface area contributed by atoms with Crippen LogP contribution in [0.1, 0.15) is 33.5 Å². The zero-order valence-corrected chi connectivity index (χ0v) is 19.5. The van der Waals surface area contributed by atoms with Crippen molar-refractivity contribution >= 4 is 34.2 Å². The number of ketones is 1. The van der Waals surface area contributed by atoms with E-state index in [0.717, 1.165) is 41.6 Å². The van der Waals surface area contributed by atoms with Crippen LogP contribution >= 0.6 is 11.8 Å². The first-order valence-electron chi connectivity index (χ1n) is 11.3. The summed E-state index contributed by atoms with van der Waals surface area (Å²) in [4.78, 5) is 26.5. The van der Waals surface area contributed by atoms with Gasteiger partial charge in [0.1, 0.15) is 0 Å². The van der Waals surface area contributed by atoms with Crippen molar-refractivity contribution in [2.45, 2.75) is 31.3 Å². The van der Waals surface area contributed by atoms with Crippen LogP contribution in [0.5, 0.6) is 0 Å². The van der Waals surface area contributed by atoms with Crippen molar-refractivity contribution in [2.24, 2.45) is 0 Å². The second-order valence-electron chi connectivity index (χ2n) is 8.61. The Balaban J connectivity index is 1.44. The molecule has 0 aliphatic heterocycles. The van der Waals surface area contributed by atoms with Gasteiger partial charge in [-0.15, -0.1) is 10.2 Å². The topological polar surface area (TPSA) is 69.3 Å². The Bertz CT molecular complexity index is 1650. The summed E-state index contributed by atoms with van der Waals surface area (Å²) in [5.41, 5.74) is 5.70. The van der Waals surface area contributed by atoms with Crippen LogP contribution in [0.15, 0.2) is 76.7 Å². The number of benzene rings is 3. The van der Waals surface area contributed by atoms with Crippen molar-refractivity contribution in [1.29, 1.82) is 0 Å². The molecule has 0 bridgehead atoms. The lowest BCUT2D eigenvalue weighted by atomic mass is 10.0. The first kappa shape index (κ1) is 20.9. The van der Waals surface area contributed by atoms with Crippen LogP contribution in [0.25, 0.3) is 22.4 Å². The van der Waals surface area contributed by atoms with E-state index in [9.17, 15) is 9.59 Å². The fraction of sp³-hybridized carbons (Fsp3) is 0.185. The Morgan fingerprint density at radius 3 is 2.65 bits per heavy atom. The second-order valence-corrected chi connectivity index (χ2v) is 9.55. The molecule has 2 heterocycles. The van der Waals surface area contributed by atoms with Gasteiger partial charge in [-0.05, 0) is 67.1 Å². The van der Waals surface area contributed by atoms with Gasteiger partial charge in [0.15, 0.2) is 10.9 Å². The first-order valence-corrected chi connectivity index (χ1v) is 12.3. The third kappa shape index (κ3) is 3.35. The van der Waals surface area contributed by atoms with Crippen molar-refractivity contribution in [2.75, 3.05) is 5.75 Å². The van der Waals surface area contributed by atoms with E-state index in [2.05, 4.69) is 16.3 Å². The minimum absolute atomic E-state index is 0.0629. The highest BCUT2D eigenvalue weighted by Crippen LogP contribution is 2.26. The number of aromatic nitrogens is 4. The number of hydrogen-bond donors (Lipinski definition) is 0. The molecule has 0 atom stereocenters. The van der Waals surface area contributed by atoms with E-state index in [4.69, 9.17) is 0 Å². The number of thioether (sulfide) groups is 1. The highest BCUT2D eigenvalue weighted by Gasteiger charge is 2.20. The highest BCUT2D eigenvalue weighted by molar-refractivity contribution is 7.99. The minimum atomic E-state index is -0.143. The molecule has 1 aliphatic rings. The molecule has 6 rings (SSSR count). The van der Waals surface area contributed by atoms with E-state index in [-0.39, 0.29) is 17.1 Å². The maximum absolute atomic E-state index is 13.5. The van der Waals surface area contributed by atoms with Crippen LogP contribution in [0.4, 0.5) is 0 Å². The number of carbonyl (C=O) groups excluding carboxylic acids is 1. The molecule has 0 amide bonds. The maximum Gasteiger partial charge on any atom is 0.267 e. The van der Waals surface area contributed by atoms with E-state index in [0.29, 0.717) is 16.3 Å². The van der Waals surface area contributed by atoms with Gasteiger partial charge in [-0.25, -0.2) is 4.57 Å². The second kappa shape index (κ2) is 8.25. The average molecular weight is 467 g/mol. The van der Waals surface area contributed by atoms with Gasteiger partial charge in [0.2, 0.25) is 5.78 Å². The molecule has 0 unspecified atom stereocenters. The van der Waals surface area contributed by atoms with Gasteiger partial charge in [0, 0.05) is 5.56 Å². The minimum Gasteiger partial charge on any atom is -0.293 e. The van der Waals surface area contributed by atoms with Crippen LogP contribution < -0.4 is 5.56 Å². The van der Waals surface area contributed by atoms with Gasteiger partial charge in [-0.2, -0.15) is 0 Å². The Kier molecular flexibility index (Phi) is 5.07. The third-order valence-corrected chi connectivity index (χ3v) is 7.43. The smallest absolute Gasteiger partial charge is 0.267 e. The Hall–Kier alpha value is -3.71. The van der Waals surface area contributed by atoms with Gasteiger partial charge >= 0.3 is 0 Å². The molecule has 0 saturated carbocycles. The Labute approximate surface area is 200 Å². The lowest BCUT2D eigenvalue weighted by Gasteiger charge is -2.13. The van der Waals surface area contributed by atoms with Crippen molar-refractivity contribution < 1.29 is 4.79 Å². The molecular formula is C27H22N4O2S. The number of fused-ring (bicyclic) bond motifs is 4. The standard InChI is InChI=1S/C27H22N4O2S/c1-17-7-2-4-11-22(17)30-25(33)21-10-3-5-12-23(21)31-26(30)28-29-27(31)34-16-24(32)20-14-13-18-8-6-9-19(18)15-20/h2-5,7,10-15H,6,8-9,16H2,1H3. The maximum atomic E-state index is 13.5. The Morgan fingerprint density at radius 2 is 1.76 bits per heavy atom. The number of carbonyl (C=O) groups is 1. The summed E-state index contributed by atoms with van der Waals surface area (Å²) in [6.45, 7) is 1.97. The molecule has 7 heteroatoms. The number of aryl methyl sites for hydroxylation is 3. The third-order valence-electron chi connectivity index (χ3n) is 6.50. The average Bonchev–Trinajstić information content (AvgIpc) is 3.50. The monoisotopic (exact) mass is 466 g/mol. The summed E-state index contributed by atoms with van der Waals surface area (Å²) >= 11 is 1.35. The molecule has 168 valence electrons. The number of para-hydroxylation sites is 2. The van der Waals surface area contributed by atoms with E-state index in [1.54, 1.807) is 4.57 Å². The molecule has 0 spiro atoms. The molecule has 1 aliphatic carbocycles. The van der Waals surface area contributed by atoms with Crippen LogP contribution in [0.2, 0.25) is 0 Å². The first-order chi connectivity index (χ1) is 16.6. The molecule has 0 fully saturated rings. The summed E-state index contributed by atoms with van der Waals surface area (Å²) in [5.74, 6) is 0.746. The lowest BCUT2D eigenvalue weighted by molar-refractivity contribution is 0.102. The summed E-state index contributed by atoms with van der Waals surface area (Å²) in [7, 11) is 0. The van der Waals surface area contributed by atoms with Crippen LogP contribution in [0, 0.1) is 6.92 Å². The number of hydrogen-bond acceptors (Lipinski definition) is 5. The number of rotatable bonds is 5. The zero-order chi connectivity index (χ0) is 23.2. The molecule has 0 N–H and O–H groups in total. The quantitative estimate of drug-likeness (QED) is 0.275. The van der Waals surface area contributed by atoms with E-state index in [1.807, 2.05) is 72.0 Å². The highest BCUT2D eigenvalue weighted by atomic mass is 32.2. The summed E-state index contributed by atoms with van der Waals surface area (Å²) in [6, 6.07) is 21.2. The largest absolute Gasteiger partial charge is 0.293 e. The molecule has 5 aromatic rings. The van der Waals surface area contributed by atoms with E-state index in [1.165, 1.54) is 22.9 Å². The molecule has 2 aromatic heterocycles. The normalized spacial score (nSPS) is 13.0. The van der Waals surface area contributed by atoms with Crippen molar-refractivity contribution in [3.8, 4) is 5.69 Å². The molecule has 3 aromatic carbocycles. The van der Waals surface area contributed by atoms with Gasteiger partial charge in [-0.1, -0.05) is 54.2 Å². The van der Waals surface area contributed by atoms with Crippen LogP contribution in [-0.4, -0.2) is 30.7 Å². The molecule has 0 radical (unpaired) electrons. The molecular weight excluding hydrogens is 444 g/mol. The van der Waals surface area contributed by atoms with Crippen LogP contribution in [-0.2, 0) is 12.8 Å². The summed E-state index contributed by atoms with van der Waals surface area (Å²) in [6.07, 6.45) is 3.30. The van der Waals surface area contributed by atoms with Gasteiger partial charge in [-0.3, -0.25) is 14.0 Å². The summed E-state index contributed by atoms with van der Waals surface area (Å²) < 4.78 is 3.49. The van der Waals surface area contributed by atoms with Crippen molar-refractivity contribution in [3.63, 3.8) is 0 Å². The van der Waals surface area contributed by atoms with E-state index >= 15 is 0 Å². The van der Waals surface area contributed by atoms with Gasteiger partial charge in [0.05, 0.1) is 22.3 Å². The lowest BCUT2D eigenvalue weighted by Crippen LogP contribution is -2.22. The number of Topliss-reactive ketones (excluding diaryl/α,β-unsaturated/α-hetero) is 1. The van der Waals surface area contributed by atoms with E-state index < -0.39 is 0 Å². The van der Waals surface area contributed by atoms with Crippen molar-refractivity contribution in [3.05, 3.63) is 99.3 Å². The zero-order valence-electron chi connectivity index (χ0n) is 18.7. The number of nitrogens with zero attached hydrogens (tertiary/aromatic N) is 4. The fourth-order valence-electron chi connectivity index (χ4n) is 4.76. The van der Waals surface area contributed by atoms with Gasteiger partial charge in [0.25, 0.3) is 5.56 Å². The van der Waals surface area contributed by atoms with Crippen LogP contribution in [0.3, 0.4) is 0 Å². The predicted octanol–water partition coefficient (Wildman–Crippen LogP) is 4.81.